The van der Waals surface area contributed by atoms with Gasteiger partial charge in [-0.1, -0.05) is 30.1 Å². The van der Waals surface area contributed by atoms with Gasteiger partial charge in [0.15, 0.2) is 0 Å². The van der Waals surface area contributed by atoms with Crippen molar-refractivity contribution in [1.29, 1.82) is 0 Å². The molecule has 42 heavy (non-hydrogen) atoms. The van der Waals surface area contributed by atoms with Crippen molar-refractivity contribution in [3.8, 4) is 0 Å². The van der Waals surface area contributed by atoms with E-state index in [-0.39, 0.29) is 29.0 Å². The zero-order chi connectivity index (χ0) is 30.8. The minimum absolute atomic E-state index is 0.0588. The monoisotopic (exact) mass is 615 g/mol. The second-order valence-electron chi connectivity index (χ2n) is 8.43. The number of amides is 3. The first-order chi connectivity index (χ1) is 20.0. The van der Waals surface area contributed by atoms with E-state index in [0.29, 0.717) is 15.7 Å². The number of esters is 2. The van der Waals surface area contributed by atoms with E-state index >= 15 is 0 Å². The molecule has 3 amide bonds. The Hall–Kier alpha value is -4.94. The molecule has 0 fully saturated rings. The van der Waals surface area contributed by atoms with Crippen LogP contribution in [0.15, 0.2) is 72.8 Å². The molecule has 0 saturated heterocycles. The number of ether oxygens (including phenoxy) is 2. The van der Waals surface area contributed by atoms with Gasteiger partial charge in [-0.05, 0) is 72.8 Å². The average Bonchev–Trinajstić information content (AvgIpc) is 2.98. The number of carbonyl (C=O) groups excluding carboxylic acids is 5. The van der Waals surface area contributed by atoms with E-state index in [1.807, 2.05) is 5.43 Å². The van der Waals surface area contributed by atoms with E-state index in [9.17, 15) is 33.9 Å². The fraction of sp³-hybridized carbons (Fsp3) is 0.143. The summed E-state index contributed by atoms with van der Waals surface area (Å²) in [6, 6.07) is 16.1. The molecule has 4 N–H and O–H groups in total. The molecule has 12 nitrogen and oxygen atoms in total. The van der Waals surface area contributed by atoms with Crippen molar-refractivity contribution in [2.24, 2.45) is 0 Å². The van der Waals surface area contributed by atoms with Crippen LogP contribution in [-0.4, -0.2) is 52.9 Å². The van der Waals surface area contributed by atoms with Crippen LogP contribution in [0.2, 0.25) is 10.0 Å². The van der Waals surface area contributed by atoms with E-state index in [4.69, 9.17) is 32.7 Å². The maximum absolute atomic E-state index is 13.1. The summed E-state index contributed by atoms with van der Waals surface area (Å²) in [5.41, 5.74) is 4.36. The first kappa shape index (κ1) is 31.6. The highest BCUT2D eigenvalue weighted by atomic mass is 35.5. The maximum atomic E-state index is 13.1. The highest BCUT2D eigenvalue weighted by Crippen LogP contribution is 2.17. The minimum atomic E-state index is -2.33. The Morgan fingerprint density at radius 1 is 0.690 bits per heavy atom. The van der Waals surface area contributed by atoms with Crippen LogP contribution in [0.1, 0.15) is 44.4 Å². The van der Waals surface area contributed by atoms with E-state index in [0.717, 1.165) is 0 Å². The van der Waals surface area contributed by atoms with E-state index < -0.39 is 41.9 Å². The van der Waals surface area contributed by atoms with Gasteiger partial charge in [0.05, 0.1) is 11.1 Å². The highest BCUT2D eigenvalue weighted by molar-refractivity contribution is 6.31. The molecule has 218 valence electrons. The average molecular weight is 616 g/mol. The van der Waals surface area contributed by atoms with Crippen molar-refractivity contribution in [3.63, 3.8) is 0 Å². The van der Waals surface area contributed by atoms with E-state index in [1.165, 1.54) is 72.8 Å². The van der Waals surface area contributed by atoms with Crippen LogP contribution < -0.4 is 16.2 Å². The second-order valence-corrected chi connectivity index (χ2v) is 9.30. The molecule has 0 saturated carbocycles. The molecule has 3 rings (SSSR count). The summed E-state index contributed by atoms with van der Waals surface area (Å²) in [7, 11) is 0. The van der Waals surface area contributed by atoms with Crippen LogP contribution in [0.3, 0.4) is 0 Å². The number of rotatable bonds is 10. The number of hydrogen-bond donors (Lipinski definition) is 4. The molecule has 0 aliphatic carbocycles. The molecule has 2 atom stereocenters. The predicted octanol–water partition coefficient (Wildman–Crippen LogP) is 3.64. The lowest BCUT2D eigenvalue weighted by Crippen LogP contribution is -2.54. The standard InChI is InChI=1S/C28H23Cl2N3O9/c1-2-21(34)31-20-13-7-15(8-14-20)24(35)32-33-25(36)22(41-27(39)16-3-9-18(29)10-4-16)23(26(37)38)42-28(40)17-5-11-19(30)12-6-17/h3-14,22-23H,2H2,1H3,(H,31,34)(H,32,35)(H,33,36)(H,37,38)/t22-,23-/m0/s1. The number of carbonyl (C=O) groups is 6. The smallest absolute Gasteiger partial charge is 0.349 e. The SMILES string of the molecule is CCC(=O)Nc1ccc(C(=O)NNC(=O)[C@@H](OC(=O)c2ccc(Cl)cc2)[C@H](OC(=O)c2ccc(Cl)cc2)C(=O)O)cc1. The summed E-state index contributed by atoms with van der Waals surface area (Å²) >= 11 is 11.6. The Balaban J connectivity index is 1.80. The number of halogens is 2. The van der Waals surface area contributed by atoms with Gasteiger partial charge < -0.3 is 19.9 Å². The fourth-order valence-corrected chi connectivity index (χ4v) is 3.50. The lowest BCUT2D eigenvalue weighted by molar-refractivity contribution is -0.159. The van der Waals surface area contributed by atoms with Gasteiger partial charge in [-0.2, -0.15) is 0 Å². The van der Waals surface area contributed by atoms with Gasteiger partial charge in [0.2, 0.25) is 18.1 Å². The summed E-state index contributed by atoms with van der Waals surface area (Å²) in [6.07, 6.45) is -4.33. The molecule has 0 bridgehead atoms. The number of anilines is 1. The number of hydrogen-bond acceptors (Lipinski definition) is 8. The van der Waals surface area contributed by atoms with E-state index in [1.54, 1.807) is 6.92 Å². The maximum Gasteiger partial charge on any atom is 0.349 e. The Morgan fingerprint density at radius 2 is 1.14 bits per heavy atom. The number of carboxylic acids is 1. The molecule has 0 aliphatic heterocycles. The molecule has 0 radical (unpaired) electrons. The number of carboxylic acid groups (broad SMARTS) is 1. The number of hydrazine groups is 1. The van der Waals surface area contributed by atoms with Gasteiger partial charge in [-0.25, -0.2) is 14.4 Å². The van der Waals surface area contributed by atoms with Gasteiger partial charge >= 0.3 is 17.9 Å². The van der Waals surface area contributed by atoms with Crippen molar-refractivity contribution in [2.45, 2.75) is 25.6 Å². The summed E-state index contributed by atoms with van der Waals surface area (Å²) in [4.78, 5) is 74.7. The van der Waals surface area contributed by atoms with Crippen molar-refractivity contribution >= 4 is 64.5 Å². The Bertz CT molecular complexity index is 1480. The van der Waals surface area contributed by atoms with Gasteiger partial charge in [-0.15, -0.1) is 0 Å². The molecule has 0 spiro atoms. The van der Waals surface area contributed by atoms with Gasteiger partial charge in [0, 0.05) is 27.7 Å². The molecular formula is C28H23Cl2N3O9. The normalized spacial score (nSPS) is 11.8. The Morgan fingerprint density at radius 3 is 1.60 bits per heavy atom. The third kappa shape index (κ3) is 8.78. The van der Waals surface area contributed by atoms with Crippen LogP contribution >= 0.6 is 23.2 Å². The second kappa shape index (κ2) is 14.6. The van der Waals surface area contributed by atoms with Crippen LogP contribution in [0.5, 0.6) is 0 Å². The summed E-state index contributed by atoms with van der Waals surface area (Å²) in [5.74, 6) is -6.51. The third-order valence-electron chi connectivity index (χ3n) is 5.46. The van der Waals surface area contributed by atoms with Gasteiger partial charge in [0.1, 0.15) is 0 Å². The molecule has 0 aromatic heterocycles. The Kier molecular flexibility index (Phi) is 11.0. The van der Waals surface area contributed by atoms with Crippen molar-refractivity contribution in [2.75, 3.05) is 5.32 Å². The zero-order valence-corrected chi connectivity index (χ0v) is 23.3. The number of aliphatic carboxylic acids is 1. The lowest BCUT2D eigenvalue weighted by Gasteiger charge is -2.23. The molecular weight excluding hydrogens is 593 g/mol. The molecule has 3 aromatic carbocycles. The number of benzene rings is 3. The van der Waals surface area contributed by atoms with Gasteiger partial charge in [-0.3, -0.25) is 25.2 Å². The first-order valence-electron chi connectivity index (χ1n) is 12.1. The van der Waals surface area contributed by atoms with Crippen LogP contribution in [0, 0.1) is 0 Å². The molecule has 3 aromatic rings. The molecule has 0 unspecified atom stereocenters. The highest BCUT2D eigenvalue weighted by Gasteiger charge is 2.41. The molecule has 14 heteroatoms. The first-order valence-corrected chi connectivity index (χ1v) is 12.9. The van der Waals surface area contributed by atoms with Crippen LogP contribution in [-0.2, 0) is 23.9 Å². The predicted molar refractivity (Wildman–Crippen MR) is 150 cm³/mol. The largest absolute Gasteiger partial charge is 0.478 e. The summed E-state index contributed by atoms with van der Waals surface area (Å²) in [6.45, 7) is 1.67. The van der Waals surface area contributed by atoms with Crippen LogP contribution in [0.25, 0.3) is 0 Å². The van der Waals surface area contributed by atoms with Crippen LogP contribution in [0.4, 0.5) is 5.69 Å². The topological polar surface area (TPSA) is 177 Å². The van der Waals surface area contributed by atoms with Gasteiger partial charge in [0.25, 0.3) is 11.8 Å². The number of nitrogens with one attached hydrogen (secondary N) is 3. The molecule has 0 aliphatic rings. The molecule has 0 heterocycles. The van der Waals surface area contributed by atoms with Crippen molar-refractivity contribution < 1.29 is 43.3 Å². The third-order valence-corrected chi connectivity index (χ3v) is 5.96. The lowest BCUT2D eigenvalue weighted by atomic mass is 10.1. The zero-order valence-electron chi connectivity index (χ0n) is 21.8. The van der Waals surface area contributed by atoms with Crippen molar-refractivity contribution in [1.82, 2.24) is 10.9 Å². The van der Waals surface area contributed by atoms with E-state index in [2.05, 4.69) is 10.7 Å². The fourth-order valence-electron chi connectivity index (χ4n) is 3.25. The Labute approximate surface area is 248 Å². The quantitative estimate of drug-likeness (QED) is 0.196. The summed E-state index contributed by atoms with van der Waals surface area (Å²) < 4.78 is 10.2. The minimum Gasteiger partial charge on any atom is -0.478 e. The summed E-state index contributed by atoms with van der Waals surface area (Å²) in [5, 5.41) is 13.0. The van der Waals surface area contributed by atoms with Crippen molar-refractivity contribution in [3.05, 3.63) is 99.5 Å².